The Bertz CT molecular complexity index is 411. The number of ether oxygens (including phenoxy) is 2. The highest BCUT2D eigenvalue weighted by molar-refractivity contribution is 5.70. The first-order valence-electron chi connectivity index (χ1n) is 13.1. The number of carbonyl (C=O) groups is 2. The third-order valence-corrected chi connectivity index (χ3v) is 5.63. The maximum atomic E-state index is 12.2. The van der Waals surface area contributed by atoms with E-state index in [4.69, 9.17) is 14.6 Å². The lowest BCUT2D eigenvalue weighted by molar-refractivity contribution is -0.159. The van der Waals surface area contributed by atoms with Crippen LogP contribution >= 0.6 is 0 Å². The largest absolute Gasteiger partial charge is 0.462 e. The van der Waals surface area contributed by atoms with Crippen molar-refractivity contribution in [3.8, 4) is 0 Å². The van der Waals surface area contributed by atoms with Crippen molar-refractivity contribution in [2.45, 2.75) is 142 Å². The molecule has 0 heterocycles. The number of hydrogen-bond donors (Lipinski definition) is 1. The summed E-state index contributed by atoms with van der Waals surface area (Å²) in [6.45, 7) is 4.67. The Hall–Kier alpha value is -1.10. The van der Waals surface area contributed by atoms with E-state index in [2.05, 4.69) is 13.8 Å². The minimum atomic E-state index is -0.401. The van der Waals surface area contributed by atoms with E-state index >= 15 is 0 Å². The van der Waals surface area contributed by atoms with E-state index in [0.29, 0.717) is 25.7 Å². The van der Waals surface area contributed by atoms with Gasteiger partial charge in [-0.2, -0.15) is 0 Å². The molecule has 184 valence electrons. The van der Waals surface area contributed by atoms with Crippen LogP contribution in [0.5, 0.6) is 0 Å². The van der Waals surface area contributed by atoms with Crippen molar-refractivity contribution in [3.05, 3.63) is 0 Å². The summed E-state index contributed by atoms with van der Waals surface area (Å²) in [6.07, 6.45) is 18.8. The highest BCUT2D eigenvalue weighted by Crippen LogP contribution is 2.13. The van der Waals surface area contributed by atoms with Crippen molar-refractivity contribution in [2.24, 2.45) is 0 Å². The van der Waals surface area contributed by atoms with Gasteiger partial charge in [0.2, 0.25) is 0 Å². The van der Waals surface area contributed by atoms with E-state index in [1.165, 1.54) is 64.2 Å². The molecule has 0 fully saturated rings. The Kier molecular flexibility index (Phi) is 22.7. The normalized spacial score (nSPS) is 12.0. The van der Waals surface area contributed by atoms with Gasteiger partial charge in [0.05, 0.1) is 0 Å². The van der Waals surface area contributed by atoms with Crippen molar-refractivity contribution in [2.75, 3.05) is 13.2 Å². The minimum absolute atomic E-state index is 0.122. The summed E-state index contributed by atoms with van der Waals surface area (Å²) in [7, 11) is 0. The van der Waals surface area contributed by atoms with Gasteiger partial charge in [0.25, 0.3) is 0 Å². The summed E-state index contributed by atoms with van der Waals surface area (Å²) >= 11 is 0. The molecule has 0 aliphatic rings. The molecule has 0 rings (SSSR count). The van der Waals surface area contributed by atoms with Gasteiger partial charge in [0.1, 0.15) is 12.7 Å². The van der Waals surface area contributed by atoms with Gasteiger partial charge in [0.15, 0.2) is 0 Å². The zero-order valence-electron chi connectivity index (χ0n) is 20.5. The molecule has 0 aromatic rings. The van der Waals surface area contributed by atoms with E-state index in [0.717, 1.165) is 32.1 Å². The number of aliphatic hydroxyl groups is 1. The van der Waals surface area contributed by atoms with Gasteiger partial charge in [-0.3, -0.25) is 9.59 Å². The van der Waals surface area contributed by atoms with Crippen LogP contribution in [-0.4, -0.2) is 36.4 Å². The van der Waals surface area contributed by atoms with Gasteiger partial charge in [0, 0.05) is 19.4 Å². The van der Waals surface area contributed by atoms with Crippen LogP contribution in [-0.2, 0) is 19.1 Å². The van der Waals surface area contributed by atoms with Gasteiger partial charge in [-0.05, 0) is 32.1 Å². The van der Waals surface area contributed by atoms with E-state index in [1.54, 1.807) is 0 Å². The molecule has 1 N–H and O–H groups in total. The Morgan fingerprint density at radius 1 is 0.645 bits per heavy atom. The number of unbranched alkanes of at least 4 members (excludes halogenated alkanes) is 13. The molecule has 0 aliphatic heterocycles. The molecule has 0 aliphatic carbocycles. The molecule has 0 radical (unpaired) electrons. The molecule has 1 unspecified atom stereocenters. The SMILES string of the molecule is CCCCCCCCCC(=O)OCC(CCCCO)OC(=O)CCCCCCCCC. The van der Waals surface area contributed by atoms with Crippen LogP contribution in [0, 0.1) is 0 Å². The fraction of sp³-hybridized carbons (Fsp3) is 0.923. The molecule has 0 amide bonds. The van der Waals surface area contributed by atoms with E-state index in [-0.39, 0.29) is 25.2 Å². The van der Waals surface area contributed by atoms with Crippen molar-refractivity contribution >= 4 is 11.9 Å². The molecule has 31 heavy (non-hydrogen) atoms. The van der Waals surface area contributed by atoms with Crippen LogP contribution in [0.1, 0.15) is 136 Å². The summed E-state index contributed by atoms with van der Waals surface area (Å²) < 4.78 is 11.0. The van der Waals surface area contributed by atoms with Crippen LogP contribution in [0.25, 0.3) is 0 Å². The molecule has 0 bridgehead atoms. The average Bonchev–Trinajstić information content (AvgIpc) is 2.76. The molecule has 0 aromatic carbocycles. The zero-order valence-corrected chi connectivity index (χ0v) is 20.5. The van der Waals surface area contributed by atoms with Crippen LogP contribution in [0.2, 0.25) is 0 Å². The second-order valence-corrected chi connectivity index (χ2v) is 8.76. The smallest absolute Gasteiger partial charge is 0.306 e. The maximum Gasteiger partial charge on any atom is 0.306 e. The number of carbonyl (C=O) groups excluding carboxylic acids is 2. The lowest BCUT2D eigenvalue weighted by Crippen LogP contribution is -2.25. The second kappa shape index (κ2) is 23.6. The number of esters is 2. The number of rotatable bonds is 23. The van der Waals surface area contributed by atoms with Crippen LogP contribution in [0.3, 0.4) is 0 Å². The van der Waals surface area contributed by atoms with Crippen molar-refractivity contribution < 1.29 is 24.2 Å². The lowest BCUT2D eigenvalue weighted by atomic mass is 10.1. The third-order valence-electron chi connectivity index (χ3n) is 5.63. The topological polar surface area (TPSA) is 72.8 Å². The van der Waals surface area contributed by atoms with Crippen LogP contribution < -0.4 is 0 Å². The van der Waals surface area contributed by atoms with E-state index < -0.39 is 6.10 Å². The summed E-state index contributed by atoms with van der Waals surface area (Å²) in [5.41, 5.74) is 0. The molecule has 0 saturated heterocycles. The lowest BCUT2D eigenvalue weighted by Gasteiger charge is -2.18. The van der Waals surface area contributed by atoms with E-state index in [9.17, 15) is 9.59 Å². The Morgan fingerprint density at radius 3 is 1.65 bits per heavy atom. The first-order chi connectivity index (χ1) is 15.1. The predicted octanol–water partition coefficient (Wildman–Crippen LogP) is 6.89. The first-order valence-corrected chi connectivity index (χ1v) is 13.1. The second-order valence-electron chi connectivity index (χ2n) is 8.76. The van der Waals surface area contributed by atoms with E-state index in [1.807, 2.05) is 0 Å². The van der Waals surface area contributed by atoms with Crippen molar-refractivity contribution in [3.63, 3.8) is 0 Å². The molecule has 5 nitrogen and oxygen atoms in total. The summed E-state index contributed by atoms with van der Waals surface area (Å²) in [6, 6.07) is 0. The molecular weight excluding hydrogens is 392 g/mol. The molecule has 0 spiro atoms. The number of aliphatic hydroxyl groups excluding tert-OH is 1. The summed E-state index contributed by atoms with van der Waals surface area (Å²) in [5, 5.41) is 9.00. The predicted molar refractivity (Wildman–Crippen MR) is 127 cm³/mol. The molecular formula is C26H50O5. The van der Waals surface area contributed by atoms with Crippen molar-refractivity contribution in [1.82, 2.24) is 0 Å². The maximum absolute atomic E-state index is 12.2. The number of hydrogen-bond acceptors (Lipinski definition) is 5. The molecule has 0 saturated carbocycles. The summed E-state index contributed by atoms with van der Waals surface area (Å²) in [5.74, 6) is -0.408. The fourth-order valence-electron chi connectivity index (χ4n) is 3.62. The highest BCUT2D eigenvalue weighted by Gasteiger charge is 2.16. The molecule has 5 heteroatoms. The Morgan fingerprint density at radius 2 is 1.13 bits per heavy atom. The molecule has 1 atom stereocenters. The van der Waals surface area contributed by atoms with Gasteiger partial charge < -0.3 is 14.6 Å². The Labute approximate surface area is 191 Å². The van der Waals surface area contributed by atoms with Gasteiger partial charge in [-0.1, -0.05) is 90.9 Å². The standard InChI is InChI=1S/C26H50O5/c1-3-5-7-9-11-13-15-20-25(28)30-23-24(19-17-18-22-27)31-26(29)21-16-14-12-10-8-6-4-2/h24,27H,3-23H2,1-2H3. The third kappa shape index (κ3) is 21.9. The quantitative estimate of drug-likeness (QED) is 0.138. The van der Waals surface area contributed by atoms with Crippen molar-refractivity contribution in [1.29, 1.82) is 0 Å². The first kappa shape index (κ1) is 29.9. The minimum Gasteiger partial charge on any atom is -0.462 e. The monoisotopic (exact) mass is 442 g/mol. The fourth-order valence-corrected chi connectivity index (χ4v) is 3.62. The highest BCUT2D eigenvalue weighted by atomic mass is 16.6. The van der Waals surface area contributed by atoms with Gasteiger partial charge >= 0.3 is 11.9 Å². The molecule has 0 aromatic heterocycles. The summed E-state index contributed by atoms with van der Waals surface area (Å²) in [4.78, 5) is 24.2. The van der Waals surface area contributed by atoms with Crippen LogP contribution in [0.4, 0.5) is 0 Å². The van der Waals surface area contributed by atoms with Gasteiger partial charge in [-0.15, -0.1) is 0 Å². The van der Waals surface area contributed by atoms with Gasteiger partial charge in [-0.25, -0.2) is 0 Å². The zero-order chi connectivity index (χ0) is 23.0. The average molecular weight is 443 g/mol. The Balaban J connectivity index is 4.00. The van der Waals surface area contributed by atoms with Crippen LogP contribution in [0.15, 0.2) is 0 Å².